The number of ketones is 1. The van der Waals surface area contributed by atoms with Crippen molar-refractivity contribution >= 4 is 51.3 Å². The molecule has 7 rings (SSSR count). The molecule has 252 valence electrons. The van der Waals surface area contributed by atoms with Crippen LogP contribution in [-0.4, -0.2) is 43.0 Å². The highest BCUT2D eigenvalue weighted by Gasteiger charge is 2.49. The molecule has 50 heavy (non-hydrogen) atoms. The highest BCUT2D eigenvalue weighted by Crippen LogP contribution is 2.46. The molecule has 0 radical (unpaired) electrons. The van der Waals surface area contributed by atoms with Crippen molar-refractivity contribution in [1.29, 1.82) is 0 Å². The van der Waals surface area contributed by atoms with E-state index < -0.39 is 17.7 Å². The fraction of sp³-hybridized carbons (Fsp3) is 0.184. The van der Waals surface area contributed by atoms with Gasteiger partial charge in [0.2, 0.25) is 5.13 Å². The van der Waals surface area contributed by atoms with Gasteiger partial charge in [0.05, 0.1) is 23.9 Å². The summed E-state index contributed by atoms with van der Waals surface area (Å²) in [5.74, 6) is -0.412. The lowest BCUT2D eigenvalue weighted by molar-refractivity contribution is -0.132. The number of benzene rings is 3. The second-order valence-electron chi connectivity index (χ2n) is 11.7. The van der Waals surface area contributed by atoms with Crippen LogP contribution in [0.1, 0.15) is 46.6 Å². The Balaban J connectivity index is 1.31. The Morgan fingerprint density at radius 2 is 1.68 bits per heavy atom. The van der Waals surface area contributed by atoms with E-state index in [1.54, 1.807) is 47.9 Å². The van der Waals surface area contributed by atoms with Crippen LogP contribution in [0, 0.1) is 13.8 Å². The molecular formula is C38H33N5O5S2. The molecule has 3 aromatic heterocycles. The maximum absolute atomic E-state index is 14.0. The number of ether oxygens (including phenoxy) is 2. The number of thioether (sulfide) groups is 1. The Morgan fingerprint density at radius 3 is 2.46 bits per heavy atom. The molecule has 1 unspecified atom stereocenters. The summed E-state index contributed by atoms with van der Waals surface area (Å²) in [6.45, 7) is 6.33. The average molecular weight is 704 g/mol. The number of fused-ring (bicyclic) bond motifs is 1. The largest absolute Gasteiger partial charge is 0.505 e. The second kappa shape index (κ2) is 14.2. The van der Waals surface area contributed by atoms with E-state index in [0.717, 1.165) is 11.1 Å². The van der Waals surface area contributed by atoms with E-state index in [9.17, 15) is 14.7 Å². The number of Topliss-reactive ketones (excluding diaryl/α,β-unsaturated/α-hetero) is 1. The first-order valence-electron chi connectivity index (χ1n) is 16.0. The number of imidazole rings is 1. The topological polar surface area (TPSA) is 119 Å². The van der Waals surface area contributed by atoms with Crippen LogP contribution in [0.2, 0.25) is 0 Å². The summed E-state index contributed by atoms with van der Waals surface area (Å²) in [6, 6.07) is 27.7. The van der Waals surface area contributed by atoms with Gasteiger partial charge in [-0.25, -0.2) is 4.98 Å². The number of aryl methyl sites for hydroxylation is 2. The summed E-state index contributed by atoms with van der Waals surface area (Å²) in [5, 5.41) is 20.9. The highest BCUT2D eigenvalue weighted by molar-refractivity contribution is 8.00. The van der Waals surface area contributed by atoms with Gasteiger partial charge in [-0.05, 0) is 61.7 Å². The molecule has 1 fully saturated rings. The number of pyridine rings is 1. The molecule has 0 saturated carbocycles. The smallest absolute Gasteiger partial charge is 0.301 e. The van der Waals surface area contributed by atoms with Crippen LogP contribution >= 0.6 is 23.1 Å². The van der Waals surface area contributed by atoms with Crippen molar-refractivity contribution in [3.8, 4) is 11.5 Å². The van der Waals surface area contributed by atoms with Gasteiger partial charge in [-0.3, -0.25) is 18.9 Å². The normalized spacial score (nSPS) is 15.6. The number of amides is 1. The first-order chi connectivity index (χ1) is 24.3. The summed E-state index contributed by atoms with van der Waals surface area (Å²) in [4.78, 5) is 33.8. The lowest BCUT2D eigenvalue weighted by Gasteiger charge is -2.23. The molecule has 0 aliphatic carbocycles. The summed E-state index contributed by atoms with van der Waals surface area (Å²) < 4.78 is 14.5. The third-order valence-corrected chi connectivity index (χ3v) is 10.4. The number of nitrogens with zero attached hydrogens (tertiary/aromatic N) is 5. The second-order valence-corrected chi connectivity index (χ2v) is 13.9. The zero-order valence-electron chi connectivity index (χ0n) is 27.6. The van der Waals surface area contributed by atoms with Gasteiger partial charge < -0.3 is 14.6 Å². The number of rotatable bonds is 11. The number of hydrogen-bond acceptors (Lipinski definition) is 10. The molecule has 1 aliphatic heterocycles. The fourth-order valence-corrected chi connectivity index (χ4v) is 7.70. The van der Waals surface area contributed by atoms with Gasteiger partial charge in [0, 0.05) is 11.9 Å². The first kappa shape index (κ1) is 33.1. The number of carbonyl (C=O) groups is 2. The number of carbonyl (C=O) groups excluding carboxylic acids is 2. The van der Waals surface area contributed by atoms with E-state index in [0.29, 0.717) is 57.4 Å². The number of aliphatic hydroxyl groups is 1. The monoisotopic (exact) mass is 703 g/mol. The maximum Gasteiger partial charge on any atom is 0.301 e. The summed E-state index contributed by atoms with van der Waals surface area (Å²) >= 11 is 2.71. The standard InChI is InChI=1S/C38H33N5O5S2/c1-4-47-29-20-27(17-18-28(29)48-21-25-10-6-5-7-11-25)33-31(34(44)32-24(3)39-30-12-8-9-19-42(30)32)35(45)36(46)43(33)37-40-41-38(50-37)49-22-26-15-13-23(2)14-16-26/h5-20,33,44H,4,21-22H2,1-3H3. The molecular weight excluding hydrogens is 671 g/mol. The minimum atomic E-state index is -1.05. The Bertz CT molecular complexity index is 2230. The van der Waals surface area contributed by atoms with E-state index in [2.05, 4.69) is 39.4 Å². The highest BCUT2D eigenvalue weighted by atomic mass is 32.2. The van der Waals surface area contributed by atoms with Gasteiger partial charge in [-0.2, -0.15) is 0 Å². The van der Waals surface area contributed by atoms with Crippen molar-refractivity contribution in [2.45, 2.75) is 43.5 Å². The predicted octanol–water partition coefficient (Wildman–Crippen LogP) is 7.70. The van der Waals surface area contributed by atoms with Crippen molar-refractivity contribution < 1.29 is 24.2 Å². The van der Waals surface area contributed by atoms with Crippen LogP contribution in [0.3, 0.4) is 0 Å². The van der Waals surface area contributed by atoms with Gasteiger partial charge >= 0.3 is 5.91 Å². The van der Waals surface area contributed by atoms with Gasteiger partial charge in [-0.15, -0.1) is 10.2 Å². The summed E-state index contributed by atoms with van der Waals surface area (Å²) in [7, 11) is 0. The van der Waals surface area contributed by atoms with Crippen LogP contribution in [0.4, 0.5) is 5.13 Å². The first-order valence-corrected chi connectivity index (χ1v) is 17.8. The minimum absolute atomic E-state index is 0.0896. The Hall–Kier alpha value is -5.46. The van der Waals surface area contributed by atoms with Gasteiger partial charge in [-0.1, -0.05) is 95.4 Å². The van der Waals surface area contributed by atoms with Crippen molar-refractivity contribution in [3.05, 3.63) is 136 Å². The average Bonchev–Trinajstić information content (AvgIpc) is 3.81. The van der Waals surface area contributed by atoms with Gasteiger partial charge in [0.25, 0.3) is 5.78 Å². The number of hydrogen-bond donors (Lipinski definition) is 1. The number of aromatic nitrogens is 4. The quantitative estimate of drug-likeness (QED) is 0.0476. The van der Waals surface area contributed by atoms with E-state index in [1.807, 2.05) is 50.2 Å². The van der Waals surface area contributed by atoms with Crippen LogP contribution in [0.25, 0.3) is 11.4 Å². The zero-order chi connectivity index (χ0) is 34.8. The zero-order valence-corrected chi connectivity index (χ0v) is 29.2. The minimum Gasteiger partial charge on any atom is -0.505 e. The van der Waals surface area contributed by atoms with Crippen molar-refractivity contribution in [3.63, 3.8) is 0 Å². The lowest BCUT2D eigenvalue weighted by atomic mass is 9.96. The Kier molecular flexibility index (Phi) is 9.38. The molecule has 12 heteroatoms. The van der Waals surface area contributed by atoms with Crippen LogP contribution < -0.4 is 14.4 Å². The van der Waals surface area contributed by atoms with E-state index in [4.69, 9.17) is 9.47 Å². The Morgan fingerprint density at radius 1 is 0.900 bits per heavy atom. The Labute approximate surface area is 297 Å². The molecule has 1 atom stereocenters. The summed E-state index contributed by atoms with van der Waals surface area (Å²) in [5.41, 5.74) is 5.14. The van der Waals surface area contributed by atoms with Crippen LogP contribution in [0.15, 0.2) is 107 Å². The van der Waals surface area contributed by atoms with Crippen molar-refractivity contribution in [1.82, 2.24) is 19.6 Å². The lowest BCUT2D eigenvalue weighted by Crippen LogP contribution is -2.29. The SMILES string of the molecule is CCOc1cc(C2C(=C(O)c3c(C)nc4ccccn34)C(=O)C(=O)N2c2nnc(SCc3ccc(C)cc3)s2)ccc1OCc1ccccc1. The van der Waals surface area contributed by atoms with E-state index >= 15 is 0 Å². The molecule has 6 aromatic rings. The maximum atomic E-state index is 14.0. The molecule has 1 saturated heterocycles. The molecule has 4 heterocycles. The summed E-state index contributed by atoms with van der Waals surface area (Å²) in [6.07, 6.45) is 1.75. The van der Waals surface area contributed by atoms with E-state index in [-0.39, 0.29) is 16.5 Å². The predicted molar refractivity (Wildman–Crippen MR) is 194 cm³/mol. The van der Waals surface area contributed by atoms with Crippen molar-refractivity contribution in [2.75, 3.05) is 11.5 Å². The third kappa shape index (κ3) is 6.47. The molecule has 0 bridgehead atoms. The van der Waals surface area contributed by atoms with Gasteiger partial charge in [0.15, 0.2) is 21.6 Å². The molecule has 3 aromatic carbocycles. The number of aliphatic hydroxyl groups excluding tert-OH is 1. The molecule has 0 spiro atoms. The number of anilines is 1. The molecule has 1 N–H and O–H groups in total. The third-order valence-electron chi connectivity index (χ3n) is 8.28. The van der Waals surface area contributed by atoms with Crippen molar-refractivity contribution in [2.24, 2.45) is 0 Å². The van der Waals surface area contributed by atoms with E-state index in [1.165, 1.54) is 33.6 Å². The molecule has 1 amide bonds. The van der Waals surface area contributed by atoms with Gasteiger partial charge in [0.1, 0.15) is 17.9 Å². The molecule has 1 aliphatic rings. The van der Waals surface area contributed by atoms with Crippen LogP contribution in [0.5, 0.6) is 11.5 Å². The van der Waals surface area contributed by atoms with Crippen LogP contribution in [-0.2, 0) is 21.9 Å². The fourth-order valence-electron chi connectivity index (χ4n) is 5.88. The molecule has 10 nitrogen and oxygen atoms in total.